The molecule has 0 bridgehead atoms. The maximum atomic E-state index is 9.55. The molecule has 3 rings (SSSR count). The molecule has 0 aliphatic heterocycles. The van der Waals surface area contributed by atoms with Crippen LogP contribution in [-0.2, 0) is 0 Å². The van der Waals surface area contributed by atoms with Gasteiger partial charge < -0.3 is 14.8 Å². The molecular weight excluding hydrogens is 595 g/mol. The number of benzene rings is 2. The van der Waals surface area contributed by atoms with Gasteiger partial charge in [-0.05, 0) is 98.1 Å². The number of H-pyrrole nitrogens is 1. The molecule has 1 heterocycles. The van der Waals surface area contributed by atoms with Gasteiger partial charge in [-0.3, -0.25) is 0 Å². The summed E-state index contributed by atoms with van der Waals surface area (Å²) >= 11 is 6.73. The summed E-state index contributed by atoms with van der Waals surface area (Å²) in [7, 11) is 0. The number of ether oxygens (including phenoxy) is 1. The van der Waals surface area contributed by atoms with E-state index in [0.29, 0.717) is 5.75 Å². The zero-order valence-corrected chi connectivity index (χ0v) is 16.4. The fourth-order valence-electron chi connectivity index (χ4n) is 1.89. The first-order chi connectivity index (χ1) is 9.56. The molecule has 102 valence electrons. The van der Waals surface area contributed by atoms with E-state index in [9.17, 15) is 5.11 Å². The Morgan fingerprint density at radius 3 is 2.55 bits per heavy atom. The minimum absolute atomic E-state index is 0.265. The van der Waals surface area contributed by atoms with Crippen LogP contribution in [0.1, 0.15) is 0 Å². The summed E-state index contributed by atoms with van der Waals surface area (Å²) in [5, 5.41) is 10.6. The molecule has 1 aromatic heterocycles. The number of aromatic nitrogens is 1. The summed E-state index contributed by atoms with van der Waals surface area (Å²) in [5.41, 5.74) is 1.05. The average Bonchev–Trinajstić information content (AvgIpc) is 2.82. The van der Waals surface area contributed by atoms with Crippen LogP contribution in [0.5, 0.6) is 17.2 Å². The Kier molecular flexibility index (Phi) is 4.32. The van der Waals surface area contributed by atoms with Gasteiger partial charge in [0.15, 0.2) is 5.75 Å². The molecule has 0 aliphatic rings. The highest BCUT2D eigenvalue weighted by atomic mass is 127. The van der Waals surface area contributed by atoms with Crippen molar-refractivity contribution in [2.75, 3.05) is 0 Å². The lowest BCUT2D eigenvalue weighted by Crippen LogP contribution is -1.86. The van der Waals surface area contributed by atoms with Crippen LogP contribution in [0.25, 0.3) is 10.9 Å². The van der Waals surface area contributed by atoms with Crippen molar-refractivity contribution in [3.05, 3.63) is 47.2 Å². The molecule has 0 amide bonds. The van der Waals surface area contributed by atoms with Gasteiger partial charge in [-0.1, -0.05) is 0 Å². The predicted octanol–water partition coefficient (Wildman–Crippen LogP) is 5.48. The van der Waals surface area contributed by atoms with Crippen LogP contribution >= 0.6 is 67.8 Å². The predicted molar refractivity (Wildman–Crippen MR) is 105 cm³/mol. The van der Waals surface area contributed by atoms with Gasteiger partial charge in [0.25, 0.3) is 0 Å². The summed E-state index contributed by atoms with van der Waals surface area (Å²) < 4.78 is 9.08. The van der Waals surface area contributed by atoms with Crippen molar-refractivity contribution >= 4 is 78.7 Å². The van der Waals surface area contributed by atoms with Gasteiger partial charge in [0.1, 0.15) is 11.5 Å². The molecule has 0 radical (unpaired) electrons. The Bertz CT molecular complexity index is 798. The monoisotopic (exact) mass is 603 g/mol. The first-order valence-corrected chi connectivity index (χ1v) is 8.91. The molecular formula is C14H8I3NO2. The number of fused-ring (bicyclic) bond motifs is 1. The molecule has 6 heteroatoms. The number of phenolic OH excluding ortho intramolecular Hbond substituents is 1. The second-order valence-electron chi connectivity index (χ2n) is 4.15. The van der Waals surface area contributed by atoms with Crippen LogP contribution in [0.15, 0.2) is 36.5 Å². The van der Waals surface area contributed by atoms with E-state index in [1.807, 2.05) is 18.3 Å². The number of hydrogen-bond acceptors (Lipinski definition) is 2. The number of phenols is 1. The molecule has 0 fully saturated rings. The lowest BCUT2D eigenvalue weighted by Gasteiger charge is -2.07. The van der Waals surface area contributed by atoms with Gasteiger partial charge in [-0.15, -0.1) is 0 Å². The minimum Gasteiger partial charge on any atom is -0.507 e. The van der Waals surface area contributed by atoms with Crippen LogP contribution in [0.4, 0.5) is 0 Å². The maximum Gasteiger partial charge on any atom is 0.153 e. The number of aromatic amines is 1. The largest absolute Gasteiger partial charge is 0.507 e. The van der Waals surface area contributed by atoms with Gasteiger partial charge in [0.05, 0.1) is 14.5 Å². The molecule has 3 nitrogen and oxygen atoms in total. The molecule has 0 unspecified atom stereocenters. The first kappa shape index (κ1) is 14.7. The minimum atomic E-state index is 0.265. The molecule has 0 atom stereocenters. The van der Waals surface area contributed by atoms with Gasteiger partial charge in [-0.2, -0.15) is 0 Å². The Hall–Kier alpha value is -0.230. The van der Waals surface area contributed by atoms with Crippen LogP contribution in [-0.4, -0.2) is 10.1 Å². The molecule has 3 aromatic rings. The topological polar surface area (TPSA) is 45.2 Å². The smallest absolute Gasteiger partial charge is 0.153 e. The van der Waals surface area contributed by atoms with E-state index in [4.69, 9.17) is 4.74 Å². The number of hydrogen-bond donors (Lipinski definition) is 2. The van der Waals surface area contributed by atoms with Gasteiger partial charge in [-0.25, -0.2) is 0 Å². The van der Waals surface area contributed by atoms with Crippen LogP contribution < -0.4 is 4.74 Å². The van der Waals surface area contributed by atoms with E-state index in [2.05, 4.69) is 78.8 Å². The molecule has 0 spiro atoms. The highest BCUT2D eigenvalue weighted by Crippen LogP contribution is 2.36. The standard InChI is InChI=1S/C14H8I3NO2/c15-8-2-3-10-13(14(8)17)12(6-18-10)20-7-1-4-11(19)9(16)5-7/h1-6,18-19H. The third-order valence-corrected chi connectivity index (χ3v) is 6.76. The van der Waals surface area contributed by atoms with E-state index in [1.165, 1.54) is 7.14 Å². The Labute approximate surface area is 156 Å². The maximum absolute atomic E-state index is 9.55. The lowest BCUT2D eigenvalue weighted by atomic mass is 10.2. The zero-order valence-electron chi connectivity index (χ0n) is 9.95. The normalized spacial score (nSPS) is 10.9. The Morgan fingerprint density at radius 1 is 1.00 bits per heavy atom. The molecule has 2 aromatic carbocycles. The second kappa shape index (κ2) is 5.87. The quantitative estimate of drug-likeness (QED) is 0.382. The summed E-state index contributed by atoms with van der Waals surface area (Å²) in [4.78, 5) is 3.22. The number of aromatic hydroxyl groups is 1. The van der Waals surface area contributed by atoms with Gasteiger partial charge >= 0.3 is 0 Å². The van der Waals surface area contributed by atoms with Crippen molar-refractivity contribution in [3.8, 4) is 17.2 Å². The van der Waals surface area contributed by atoms with E-state index < -0.39 is 0 Å². The van der Waals surface area contributed by atoms with Crippen molar-refractivity contribution in [2.24, 2.45) is 0 Å². The zero-order chi connectivity index (χ0) is 14.3. The van der Waals surface area contributed by atoms with Gasteiger partial charge in [0, 0.05) is 13.3 Å². The van der Waals surface area contributed by atoms with Crippen molar-refractivity contribution in [2.45, 2.75) is 0 Å². The highest BCUT2D eigenvalue weighted by Gasteiger charge is 2.12. The van der Waals surface area contributed by atoms with Crippen LogP contribution in [0, 0.1) is 10.7 Å². The van der Waals surface area contributed by atoms with Crippen molar-refractivity contribution < 1.29 is 9.84 Å². The molecule has 0 saturated carbocycles. The van der Waals surface area contributed by atoms with E-state index >= 15 is 0 Å². The third kappa shape index (κ3) is 2.73. The second-order valence-corrected chi connectivity index (χ2v) is 7.56. The Morgan fingerprint density at radius 2 is 1.80 bits per heavy atom. The first-order valence-electron chi connectivity index (χ1n) is 5.67. The Balaban J connectivity index is 2.06. The highest BCUT2D eigenvalue weighted by molar-refractivity contribution is 14.1. The summed E-state index contributed by atoms with van der Waals surface area (Å²) in [6.45, 7) is 0. The van der Waals surface area contributed by atoms with Crippen molar-refractivity contribution in [1.29, 1.82) is 0 Å². The lowest BCUT2D eigenvalue weighted by molar-refractivity contribution is 0.462. The number of nitrogens with one attached hydrogen (secondary N) is 1. The van der Waals surface area contributed by atoms with Crippen LogP contribution in [0.3, 0.4) is 0 Å². The van der Waals surface area contributed by atoms with Crippen molar-refractivity contribution in [3.63, 3.8) is 0 Å². The van der Waals surface area contributed by atoms with Crippen molar-refractivity contribution in [1.82, 2.24) is 4.98 Å². The van der Waals surface area contributed by atoms with Crippen LogP contribution in [0.2, 0.25) is 0 Å². The SMILES string of the molecule is Oc1ccc(Oc2c[nH]c3ccc(I)c(I)c23)cc1I. The molecule has 0 aliphatic carbocycles. The fourth-order valence-corrected chi connectivity index (χ4v) is 3.56. The molecule has 20 heavy (non-hydrogen) atoms. The number of rotatable bonds is 2. The molecule has 2 N–H and O–H groups in total. The fraction of sp³-hybridized carbons (Fsp3) is 0. The van der Waals surface area contributed by atoms with Gasteiger partial charge in [0.2, 0.25) is 0 Å². The average molecular weight is 603 g/mol. The van der Waals surface area contributed by atoms with E-state index in [-0.39, 0.29) is 5.75 Å². The molecule has 0 saturated heterocycles. The van der Waals surface area contributed by atoms with E-state index in [0.717, 1.165) is 20.2 Å². The summed E-state index contributed by atoms with van der Waals surface area (Å²) in [6, 6.07) is 9.34. The summed E-state index contributed by atoms with van der Waals surface area (Å²) in [5.74, 6) is 1.77. The van der Waals surface area contributed by atoms with E-state index in [1.54, 1.807) is 12.1 Å². The summed E-state index contributed by atoms with van der Waals surface area (Å²) in [6.07, 6.45) is 1.86. The number of halogens is 3. The third-order valence-electron chi connectivity index (χ3n) is 2.85.